The lowest BCUT2D eigenvalue weighted by molar-refractivity contribution is 0.553. The molecule has 0 bridgehead atoms. The van der Waals surface area contributed by atoms with Crippen molar-refractivity contribution in [3.05, 3.63) is 104 Å². The van der Waals surface area contributed by atoms with Crippen LogP contribution in [0.1, 0.15) is 40.1 Å². The van der Waals surface area contributed by atoms with E-state index in [1.165, 1.54) is 16.0 Å². The van der Waals surface area contributed by atoms with Crippen molar-refractivity contribution in [1.82, 2.24) is 5.32 Å². The highest BCUT2D eigenvalue weighted by Gasteiger charge is 2.16. The summed E-state index contributed by atoms with van der Waals surface area (Å²) < 4.78 is 5.44. The van der Waals surface area contributed by atoms with E-state index < -0.39 is 0 Å². The van der Waals surface area contributed by atoms with E-state index in [0.29, 0.717) is 12.1 Å². The average Bonchev–Trinajstić information content (AvgIpc) is 3.23. The summed E-state index contributed by atoms with van der Waals surface area (Å²) in [6.45, 7) is 4.78. The van der Waals surface area contributed by atoms with Crippen LogP contribution in [0.3, 0.4) is 0 Å². The summed E-state index contributed by atoms with van der Waals surface area (Å²) >= 11 is 1.73. The molecule has 0 fully saturated rings. The molecule has 0 aliphatic rings. The number of hydrogen-bond donors (Lipinski definition) is 1. The second-order valence-corrected chi connectivity index (χ2v) is 7.99. The third-order valence-electron chi connectivity index (χ3n) is 5.04. The van der Waals surface area contributed by atoms with Crippen molar-refractivity contribution in [3.63, 3.8) is 0 Å². The Morgan fingerprint density at radius 2 is 1.89 bits per heavy atom. The number of benzene rings is 2. The maximum Gasteiger partial charge on any atom is 0.336 e. The van der Waals surface area contributed by atoms with Gasteiger partial charge in [-0.3, -0.25) is 0 Å². The number of rotatable bonds is 6. The molecule has 0 radical (unpaired) electrons. The van der Waals surface area contributed by atoms with E-state index in [-0.39, 0.29) is 11.7 Å². The second-order valence-electron chi connectivity index (χ2n) is 7.01. The number of hydrogen-bond acceptors (Lipinski definition) is 4. The Hall–Kier alpha value is -2.69. The molecule has 2 aromatic heterocycles. The molecule has 142 valence electrons. The summed E-state index contributed by atoms with van der Waals surface area (Å²) in [6, 6.07) is 20.6. The van der Waals surface area contributed by atoms with Gasteiger partial charge in [0, 0.05) is 22.9 Å². The molecule has 0 amide bonds. The molecule has 0 aliphatic heterocycles. The molecule has 1 atom stereocenters. The summed E-state index contributed by atoms with van der Waals surface area (Å²) in [6.07, 6.45) is 0.913. The zero-order valence-electron chi connectivity index (χ0n) is 16.1. The van der Waals surface area contributed by atoms with E-state index >= 15 is 0 Å². The van der Waals surface area contributed by atoms with Crippen LogP contribution in [0.5, 0.6) is 0 Å². The van der Waals surface area contributed by atoms with Crippen molar-refractivity contribution < 1.29 is 4.42 Å². The highest BCUT2D eigenvalue weighted by molar-refractivity contribution is 7.10. The molecule has 0 aliphatic carbocycles. The van der Waals surface area contributed by atoms with Crippen molar-refractivity contribution >= 4 is 22.3 Å². The van der Waals surface area contributed by atoms with Gasteiger partial charge in [0.05, 0.1) is 6.04 Å². The molecule has 0 spiro atoms. The van der Waals surface area contributed by atoms with Crippen molar-refractivity contribution in [2.45, 2.75) is 32.9 Å². The lowest BCUT2D eigenvalue weighted by Gasteiger charge is -2.19. The van der Waals surface area contributed by atoms with E-state index in [0.717, 1.165) is 22.9 Å². The van der Waals surface area contributed by atoms with E-state index in [1.807, 2.05) is 6.07 Å². The van der Waals surface area contributed by atoms with E-state index in [2.05, 4.69) is 73.1 Å². The van der Waals surface area contributed by atoms with E-state index in [1.54, 1.807) is 17.4 Å². The van der Waals surface area contributed by atoms with Gasteiger partial charge >= 0.3 is 5.63 Å². The fraction of sp³-hybridized carbons (Fsp3) is 0.208. The summed E-state index contributed by atoms with van der Waals surface area (Å²) in [7, 11) is 0. The third-order valence-corrected chi connectivity index (χ3v) is 5.98. The van der Waals surface area contributed by atoms with Crippen molar-refractivity contribution in [2.75, 3.05) is 0 Å². The lowest BCUT2D eigenvalue weighted by atomic mass is 10.0. The molecular weight excluding hydrogens is 366 g/mol. The molecule has 1 N–H and O–H groups in total. The van der Waals surface area contributed by atoms with Gasteiger partial charge in [0.25, 0.3) is 0 Å². The van der Waals surface area contributed by atoms with Crippen molar-refractivity contribution in [3.8, 4) is 0 Å². The van der Waals surface area contributed by atoms with Crippen LogP contribution in [-0.2, 0) is 13.0 Å². The van der Waals surface area contributed by atoms with Crippen LogP contribution in [0, 0.1) is 6.92 Å². The highest BCUT2D eigenvalue weighted by atomic mass is 32.1. The van der Waals surface area contributed by atoms with Crippen LogP contribution in [0.25, 0.3) is 11.0 Å². The van der Waals surface area contributed by atoms with Crippen LogP contribution in [0.4, 0.5) is 0 Å². The van der Waals surface area contributed by atoms with Crippen LogP contribution in [0.2, 0.25) is 0 Å². The van der Waals surface area contributed by atoms with Gasteiger partial charge < -0.3 is 9.73 Å². The number of thiophene rings is 1. The van der Waals surface area contributed by atoms with Gasteiger partial charge in [0.15, 0.2) is 0 Å². The Morgan fingerprint density at radius 1 is 1.07 bits per heavy atom. The molecule has 2 heterocycles. The normalized spacial score (nSPS) is 12.4. The smallest absolute Gasteiger partial charge is 0.336 e. The molecule has 28 heavy (non-hydrogen) atoms. The summed E-state index contributed by atoms with van der Waals surface area (Å²) in [4.78, 5) is 13.3. The van der Waals surface area contributed by atoms with Gasteiger partial charge in [-0.2, -0.15) is 0 Å². The lowest BCUT2D eigenvalue weighted by Crippen LogP contribution is -2.22. The van der Waals surface area contributed by atoms with Crippen molar-refractivity contribution in [2.24, 2.45) is 0 Å². The number of nitrogens with one attached hydrogen (secondary N) is 1. The minimum atomic E-state index is -0.305. The predicted molar refractivity (Wildman–Crippen MR) is 116 cm³/mol. The van der Waals surface area contributed by atoms with Gasteiger partial charge in [0.2, 0.25) is 0 Å². The minimum absolute atomic E-state index is 0.0813. The van der Waals surface area contributed by atoms with Gasteiger partial charge in [-0.05, 0) is 47.5 Å². The van der Waals surface area contributed by atoms with Gasteiger partial charge in [-0.1, -0.05) is 55.0 Å². The Balaban J connectivity index is 1.67. The van der Waals surface area contributed by atoms with E-state index in [9.17, 15) is 4.79 Å². The Kier molecular flexibility index (Phi) is 5.42. The molecule has 4 aromatic rings. The molecule has 0 unspecified atom stereocenters. The summed E-state index contributed by atoms with van der Waals surface area (Å²) in [5, 5.41) is 6.73. The first-order chi connectivity index (χ1) is 13.6. The number of fused-ring (bicyclic) bond motifs is 1. The topological polar surface area (TPSA) is 42.2 Å². The standard InChI is InChI=1S/C24H23NO2S/c1-3-17-8-11-20-19(14-23(26)27-21(20)13-17)15-25-24(22-5-4-12-28-22)18-9-6-16(2)7-10-18/h4-14,24-25H,3,15H2,1-2H3/t24-/m1/s1. The third kappa shape index (κ3) is 3.93. The van der Waals surface area contributed by atoms with Crippen LogP contribution < -0.4 is 10.9 Å². The highest BCUT2D eigenvalue weighted by Crippen LogP contribution is 2.27. The SMILES string of the molecule is CCc1ccc2c(CN[C@H](c3ccc(C)cc3)c3cccs3)cc(=O)oc2c1. The molecular formula is C24H23NO2S. The largest absolute Gasteiger partial charge is 0.423 e. The van der Waals surface area contributed by atoms with Gasteiger partial charge in [-0.15, -0.1) is 11.3 Å². The molecule has 0 saturated heterocycles. The second kappa shape index (κ2) is 8.13. The molecule has 4 heteroatoms. The van der Waals surface area contributed by atoms with Gasteiger partial charge in [0.1, 0.15) is 5.58 Å². The average molecular weight is 390 g/mol. The Morgan fingerprint density at radius 3 is 2.61 bits per heavy atom. The quantitative estimate of drug-likeness (QED) is 0.436. The molecule has 4 rings (SSSR count). The molecule has 2 aromatic carbocycles. The molecule has 3 nitrogen and oxygen atoms in total. The predicted octanol–water partition coefficient (Wildman–Crippen LogP) is 5.60. The maximum atomic E-state index is 12.1. The monoisotopic (exact) mass is 389 g/mol. The minimum Gasteiger partial charge on any atom is -0.423 e. The van der Waals surface area contributed by atoms with Gasteiger partial charge in [-0.25, -0.2) is 4.79 Å². The Labute approximate surface area is 168 Å². The van der Waals surface area contributed by atoms with Crippen LogP contribution in [-0.4, -0.2) is 0 Å². The van der Waals surface area contributed by atoms with Crippen molar-refractivity contribution in [1.29, 1.82) is 0 Å². The zero-order valence-corrected chi connectivity index (χ0v) is 16.9. The summed E-state index contributed by atoms with van der Waals surface area (Å²) in [5.41, 5.74) is 4.94. The first-order valence-electron chi connectivity index (χ1n) is 9.53. The van der Waals surface area contributed by atoms with E-state index in [4.69, 9.17) is 4.42 Å². The van der Waals surface area contributed by atoms with Crippen LogP contribution >= 0.6 is 11.3 Å². The molecule has 0 saturated carbocycles. The summed E-state index contributed by atoms with van der Waals surface area (Å²) in [5.74, 6) is 0. The first-order valence-corrected chi connectivity index (χ1v) is 10.4. The van der Waals surface area contributed by atoms with Crippen LogP contribution in [0.15, 0.2) is 75.3 Å². The fourth-order valence-corrected chi connectivity index (χ4v) is 4.28. The Bertz CT molecular complexity index is 1130. The zero-order chi connectivity index (χ0) is 19.5. The maximum absolute atomic E-state index is 12.1. The first kappa shape index (κ1) is 18.7. The number of aryl methyl sites for hydroxylation is 2. The fourth-order valence-electron chi connectivity index (χ4n) is 3.45.